The molecule has 3 heteroatoms. The summed E-state index contributed by atoms with van der Waals surface area (Å²) in [6, 6.07) is 0. The molecule has 5 rings (SSSR count). The van der Waals surface area contributed by atoms with Crippen molar-refractivity contribution in [2.75, 3.05) is 6.61 Å². The number of ether oxygens (including phenoxy) is 1. The first-order valence-electron chi connectivity index (χ1n) is 7.54. The van der Waals surface area contributed by atoms with E-state index < -0.39 is 0 Å². The Bertz CT molecular complexity index is 635. The Morgan fingerprint density at radius 1 is 1.25 bits per heavy atom. The number of hydrogen-bond donors (Lipinski definition) is 1. The van der Waals surface area contributed by atoms with Crippen LogP contribution in [0.1, 0.15) is 41.4 Å². The van der Waals surface area contributed by atoms with Gasteiger partial charge in [-0.25, -0.2) is 4.79 Å². The molecular weight excluding hydrogens is 250 g/mol. The van der Waals surface area contributed by atoms with E-state index in [1.807, 2.05) is 13.1 Å². The predicted octanol–water partition coefficient (Wildman–Crippen LogP) is 3.18. The van der Waals surface area contributed by atoms with Crippen LogP contribution in [0.15, 0.2) is 29.5 Å². The van der Waals surface area contributed by atoms with Gasteiger partial charge in [-0.3, -0.25) is 0 Å². The molecule has 0 spiro atoms. The number of carbonyl (C=O) groups is 1. The lowest BCUT2D eigenvalue weighted by atomic mass is 9.66. The maximum Gasteiger partial charge on any atom is 0.355 e. The highest BCUT2D eigenvalue weighted by Crippen LogP contribution is 2.46. The average Bonchev–Trinajstić information content (AvgIpc) is 2.90. The van der Waals surface area contributed by atoms with Crippen LogP contribution < -0.4 is 0 Å². The minimum Gasteiger partial charge on any atom is -0.461 e. The molecule has 1 N–H and O–H groups in total. The van der Waals surface area contributed by atoms with Crippen LogP contribution in [0.2, 0.25) is 0 Å². The zero-order valence-electron chi connectivity index (χ0n) is 11.7. The lowest BCUT2D eigenvalue weighted by molar-refractivity contribution is 0.0519. The molecule has 104 valence electrons. The number of hydrogen-bond acceptors (Lipinski definition) is 2. The first-order chi connectivity index (χ1) is 9.78. The van der Waals surface area contributed by atoms with E-state index in [9.17, 15) is 4.79 Å². The molecule has 4 aliphatic rings. The second kappa shape index (κ2) is 4.37. The van der Waals surface area contributed by atoms with Crippen molar-refractivity contribution >= 4 is 5.97 Å². The fraction of sp³-hybridized carbons (Fsp3) is 0.471. The SMILES string of the molecule is CCOC(=O)c1[nH]cc2c1CC1=C(C2)C2C=CC1CC2. The van der Waals surface area contributed by atoms with Crippen molar-refractivity contribution in [2.24, 2.45) is 11.8 Å². The fourth-order valence-electron chi connectivity index (χ4n) is 4.00. The molecule has 20 heavy (non-hydrogen) atoms. The number of allylic oxidation sites excluding steroid dienone is 4. The van der Waals surface area contributed by atoms with Crippen LogP contribution >= 0.6 is 0 Å². The van der Waals surface area contributed by atoms with Gasteiger partial charge in [-0.05, 0) is 55.6 Å². The molecule has 2 unspecified atom stereocenters. The monoisotopic (exact) mass is 269 g/mol. The van der Waals surface area contributed by atoms with Gasteiger partial charge in [-0.15, -0.1) is 0 Å². The fourth-order valence-corrected chi connectivity index (χ4v) is 4.00. The van der Waals surface area contributed by atoms with Gasteiger partial charge >= 0.3 is 5.97 Å². The molecule has 3 nitrogen and oxygen atoms in total. The van der Waals surface area contributed by atoms with E-state index in [1.54, 1.807) is 11.1 Å². The Balaban J connectivity index is 1.70. The first kappa shape index (κ1) is 12.0. The van der Waals surface area contributed by atoms with Gasteiger partial charge in [0.25, 0.3) is 0 Å². The van der Waals surface area contributed by atoms with Crippen molar-refractivity contribution in [1.82, 2.24) is 4.98 Å². The molecular formula is C17H19NO2. The van der Waals surface area contributed by atoms with Gasteiger partial charge in [0.1, 0.15) is 5.69 Å². The van der Waals surface area contributed by atoms with Gasteiger partial charge in [-0.1, -0.05) is 23.3 Å². The van der Waals surface area contributed by atoms with Crippen LogP contribution in [-0.2, 0) is 17.6 Å². The second-order valence-corrected chi connectivity index (χ2v) is 5.97. The summed E-state index contributed by atoms with van der Waals surface area (Å²) in [6.07, 6.45) is 11.3. The normalized spacial score (nSPS) is 26.4. The number of aromatic nitrogens is 1. The largest absolute Gasteiger partial charge is 0.461 e. The van der Waals surface area contributed by atoms with Crippen molar-refractivity contribution in [3.8, 4) is 0 Å². The molecule has 0 saturated carbocycles. The smallest absolute Gasteiger partial charge is 0.355 e. The van der Waals surface area contributed by atoms with E-state index in [0.29, 0.717) is 24.1 Å². The van der Waals surface area contributed by atoms with Crippen LogP contribution in [-0.4, -0.2) is 17.6 Å². The van der Waals surface area contributed by atoms with E-state index in [1.165, 1.54) is 24.0 Å². The van der Waals surface area contributed by atoms with Crippen molar-refractivity contribution < 1.29 is 9.53 Å². The summed E-state index contributed by atoms with van der Waals surface area (Å²) in [5.74, 6) is 1.03. The number of H-pyrrole nitrogens is 1. The number of rotatable bonds is 2. The Morgan fingerprint density at radius 2 is 1.95 bits per heavy atom. The van der Waals surface area contributed by atoms with Crippen LogP contribution in [0.4, 0.5) is 0 Å². The van der Waals surface area contributed by atoms with E-state index in [4.69, 9.17) is 4.74 Å². The highest BCUT2D eigenvalue weighted by atomic mass is 16.5. The summed E-state index contributed by atoms with van der Waals surface area (Å²) < 4.78 is 5.15. The summed E-state index contributed by atoms with van der Waals surface area (Å²) in [5, 5.41) is 0. The molecule has 4 aliphatic carbocycles. The molecule has 0 fully saturated rings. The molecule has 1 aromatic heterocycles. The van der Waals surface area contributed by atoms with Crippen molar-refractivity contribution in [3.05, 3.63) is 46.3 Å². The molecule has 1 aromatic rings. The number of carbonyl (C=O) groups excluding carboxylic acids is 1. The third kappa shape index (κ3) is 1.62. The van der Waals surface area contributed by atoms with Gasteiger partial charge in [0, 0.05) is 6.20 Å². The number of aromatic amines is 1. The number of esters is 1. The molecule has 0 aromatic carbocycles. The van der Waals surface area contributed by atoms with Crippen molar-refractivity contribution in [2.45, 2.75) is 32.6 Å². The highest BCUT2D eigenvalue weighted by molar-refractivity contribution is 5.90. The Labute approximate surface area is 118 Å². The van der Waals surface area contributed by atoms with Crippen LogP contribution in [0, 0.1) is 11.8 Å². The topological polar surface area (TPSA) is 42.1 Å². The third-order valence-electron chi connectivity index (χ3n) is 4.98. The Morgan fingerprint density at radius 3 is 2.60 bits per heavy atom. The van der Waals surface area contributed by atoms with Crippen molar-refractivity contribution in [1.29, 1.82) is 0 Å². The predicted molar refractivity (Wildman–Crippen MR) is 76.5 cm³/mol. The standard InChI is InChI=1S/C17H19NO2/c1-2-20-17(19)16-15-8-14-11-5-3-10(4-6-11)13(14)7-12(15)9-18-16/h3,5,9-11,18H,2,4,6-8H2,1H3. The molecule has 0 radical (unpaired) electrons. The van der Waals surface area contributed by atoms with Crippen LogP contribution in [0.25, 0.3) is 0 Å². The van der Waals surface area contributed by atoms with Crippen LogP contribution in [0.3, 0.4) is 0 Å². The first-order valence-corrected chi connectivity index (χ1v) is 7.54. The zero-order chi connectivity index (χ0) is 13.7. The average molecular weight is 269 g/mol. The molecule has 2 atom stereocenters. The summed E-state index contributed by atoms with van der Waals surface area (Å²) >= 11 is 0. The van der Waals surface area contributed by atoms with E-state index in [0.717, 1.165) is 12.8 Å². The molecule has 2 bridgehead atoms. The zero-order valence-corrected chi connectivity index (χ0v) is 11.7. The Kier molecular flexibility index (Phi) is 2.62. The Hall–Kier alpha value is -1.77. The molecule has 0 saturated heterocycles. The second-order valence-electron chi connectivity index (χ2n) is 5.97. The van der Waals surface area contributed by atoms with Gasteiger partial charge in [-0.2, -0.15) is 0 Å². The van der Waals surface area contributed by atoms with E-state index in [-0.39, 0.29) is 5.97 Å². The van der Waals surface area contributed by atoms with E-state index in [2.05, 4.69) is 17.1 Å². The minimum absolute atomic E-state index is 0.214. The number of fused-ring (bicyclic) bond motifs is 2. The van der Waals surface area contributed by atoms with E-state index >= 15 is 0 Å². The summed E-state index contributed by atoms with van der Waals surface area (Å²) in [6.45, 7) is 2.27. The number of nitrogens with one attached hydrogen (secondary N) is 1. The van der Waals surface area contributed by atoms with Crippen molar-refractivity contribution in [3.63, 3.8) is 0 Å². The summed E-state index contributed by atoms with van der Waals surface area (Å²) in [5.41, 5.74) is 6.31. The van der Waals surface area contributed by atoms with Gasteiger partial charge in [0.2, 0.25) is 0 Å². The van der Waals surface area contributed by atoms with Gasteiger partial charge in [0.15, 0.2) is 0 Å². The summed E-state index contributed by atoms with van der Waals surface area (Å²) in [4.78, 5) is 15.2. The van der Waals surface area contributed by atoms with Crippen LogP contribution in [0.5, 0.6) is 0 Å². The maximum absolute atomic E-state index is 12.0. The molecule has 1 heterocycles. The molecule has 0 amide bonds. The lowest BCUT2D eigenvalue weighted by Gasteiger charge is -2.38. The lowest BCUT2D eigenvalue weighted by Crippen LogP contribution is -2.27. The highest BCUT2D eigenvalue weighted by Gasteiger charge is 2.35. The third-order valence-corrected chi connectivity index (χ3v) is 4.98. The van der Waals surface area contributed by atoms with Gasteiger partial charge in [0.05, 0.1) is 6.61 Å². The maximum atomic E-state index is 12.0. The minimum atomic E-state index is -0.214. The summed E-state index contributed by atoms with van der Waals surface area (Å²) in [7, 11) is 0. The van der Waals surface area contributed by atoms with Gasteiger partial charge < -0.3 is 9.72 Å². The molecule has 0 aliphatic heterocycles. The quantitative estimate of drug-likeness (QED) is 0.662.